The Morgan fingerprint density at radius 3 is 2.67 bits per heavy atom. The molecule has 3 aromatic rings. The molecule has 0 aliphatic carbocycles. The molecule has 0 bridgehead atoms. The molecule has 0 aromatic heterocycles. The monoisotopic (exact) mass is 362 g/mol. The average molecular weight is 363 g/mol. The summed E-state index contributed by atoms with van der Waals surface area (Å²) in [6, 6.07) is 12.9. The zero-order valence-corrected chi connectivity index (χ0v) is 14.7. The molecule has 124 valence electrons. The van der Waals surface area contributed by atoms with E-state index in [4.69, 9.17) is 32.7 Å². The highest BCUT2D eigenvalue weighted by atomic mass is 35.5. The van der Waals surface area contributed by atoms with Crippen molar-refractivity contribution in [2.24, 2.45) is 0 Å². The van der Waals surface area contributed by atoms with Gasteiger partial charge in [-0.3, -0.25) is 0 Å². The molecule has 0 amide bonds. The van der Waals surface area contributed by atoms with E-state index in [1.165, 1.54) is 0 Å². The van der Waals surface area contributed by atoms with E-state index in [1.54, 1.807) is 18.2 Å². The van der Waals surface area contributed by atoms with E-state index in [1.807, 2.05) is 31.2 Å². The molecule has 5 heteroatoms. The number of hydrogen-bond acceptors (Lipinski definition) is 3. The molecule has 0 aliphatic heterocycles. The fourth-order valence-electron chi connectivity index (χ4n) is 2.56. The predicted octanol–water partition coefficient (Wildman–Crippen LogP) is 6.62. The molecule has 24 heavy (non-hydrogen) atoms. The van der Waals surface area contributed by atoms with Crippen LogP contribution in [-0.2, 0) is 4.74 Å². The van der Waals surface area contributed by atoms with Gasteiger partial charge in [-0.2, -0.15) is 0 Å². The van der Waals surface area contributed by atoms with Crippen LogP contribution in [0, 0.1) is 0 Å². The van der Waals surface area contributed by atoms with Crippen LogP contribution in [0.4, 0.5) is 4.79 Å². The van der Waals surface area contributed by atoms with Crippen LogP contribution in [0.15, 0.2) is 42.5 Å². The lowest BCUT2D eigenvalue weighted by Gasteiger charge is -2.13. The van der Waals surface area contributed by atoms with Gasteiger partial charge in [-0.05, 0) is 36.1 Å². The first-order valence-corrected chi connectivity index (χ1v) is 8.51. The third-order valence-corrected chi connectivity index (χ3v) is 4.33. The number of ether oxygens (including phenoxy) is 2. The second kappa shape index (κ2) is 7.29. The van der Waals surface area contributed by atoms with Gasteiger partial charge < -0.3 is 9.47 Å². The topological polar surface area (TPSA) is 35.5 Å². The lowest BCUT2D eigenvalue weighted by Crippen LogP contribution is -2.12. The summed E-state index contributed by atoms with van der Waals surface area (Å²) in [5, 5.41) is 4.33. The quantitative estimate of drug-likeness (QED) is 0.226. The highest BCUT2D eigenvalue weighted by Gasteiger charge is 2.15. The Hall–Kier alpha value is -1.97. The van der Waals surface area contributed by atoms with Crippen molar-refractivity contribution in [2.75, 3.05) is 6.61 Å². The molecule has 0 fully saturated rings. The van der Waals surface area contributed by atoms with E-state index in [0.717, 1.165) is 34.4 Å². The molecule has 0 saturated heterocycles. The van der Waals surface area contributed by atoms with E-state index in [9.17, 15) is 4.79 Å². The van der Waals surface area contributed by atoms with Gasteiger partial charge in [0, 0.05) is 26.2 Å². The molecule has 0 radical (unpaired) electrons. The first-order chi connectivity index (χ1) is 11.6. The summed E-state index contributed by atoms with van der Waals surface area (Å²) in [4.78, 5) is 12.0. The van der Waals surface area contributed by atoms with Gasteiger partial charge in [-0.15, -0.1) is 0 Å². The van der Waals surface area contributed by atoms with Crippen LogP contribution >= 0.6 is 23.2 Å². The maximum atomic E-state index is 12.0. The van der Waals surface area contributed by atoms with E-state index in [-0.39, 0.29) is 0 Å². The van der Waals surface area contributed by atoms with Crippen molar-refractivity contribution in [3.05, 3.63) is 52.5 Å². The SMILES string of the molecule is CCCCOC(=O)Oc1c2cc(Cl)ccc2cc2c(Cl)cccc12. The van der Waals surface area contributed by atoms with Crippen molar-refractivity contribution in [3.63, 3.8) is 0 Å². The van der Waals surface area contributed by atoms with Crippen LogP contribution in [0.3, 0.4) is 0 Å². The Labute approximate surface area is 150 Å². The van der Waals surface area contributed by atoms with Gasteiger partial charge in [-0.25, -0.2) is 4.79 Å². The predicted molar refractivity (Wildman–Crippen MR) is 98.4 cm³/mol. The summed E-state index contributed by atoms with van der Waals surface area (Å²) in [6.45, 7) is 2.36. The number of benzene rings is 3. The number of hydrogen-bond donors (Lipinski definition) is 0. The van der Waals surface area contributed by atoms with E-state index in [0.29, 0.717) is 22.4 Å². The number of rotatable bonds is 4. The summed E-state index contributed by atoms with van der Waals surface area (Å²) in [7, 11) is 0. The van der Waals surface area contributed by atoms with Crippen LogP contribution < -0.4 is 4.74 Å². The number of halogens is 2. The minimum Gasteiger partial charge on any atom is -0.434 e. The van der Waals surface area contributed by atoms with Gasteiger partial charge in [0.25, 0.3) is 0 Å². The minimum atomic E-state index is -0.725. The Morgan fingerprint density at radius 1 is 1.04 bits per heavy atom. The van der Waals surface area contributed by atoms with E-state index in [2.05, 4.69) is 0 Å². The second-order valence-electron chi connectivity index (χ2n) is 5.46. The minimum absolute atomic E-state index is 0.333. The highest BCUT2D eigenvalue weighted by Crippen LogP contribution is 2.39. The van der Waals surface area contributed by atoms with E-state index < -0.39 is 6.16 Å². The highest BCUT2D eigenvalue weighted by molar-refractivity contribution is 6.36. The van der Waals surface area contributed by atoms with Gasteiger partial charge in [0.1, 0.15) is 5.75 Å². The zero-order valence-electron chi connectivity index (χ0n) is 13.1. The number of carbonyl (C=O) groups is 1. The molecule has 3 rings (SSSR count). The molecule has 0 unspecified atom stereocenters. The summed E-state index contributed by atoms with van der Waals surface area (Å²) in [6.07, 6.45) is 1.01. The van der Waals surface area contributed by atoms with Gasteiger partial charge in [0.05, 0.1) is 6.61 Å². The lowest BCUT2D eigenvalue weighted by molar-refractivity contribution is 0.0988. The molecule has 0 spiro atoms. The molecule has 0 heterocycles. The first kappa shape index (κ1) is 16.9. The molecule has 0 aliphatic rings. The zero-order chi connectivity index (χ0) is 17.1. The van der Waals surface area contributed by atoms with Crippen molar-refractivity contribution in [2.45, 2.75) is 19.8 Å². The molecule has 0 saturated carbocycles. The Morgan fingerprint density at radius 2 is 1.88 bits per heavy atom. The first-order valence-electron chi connectivity index (χ1n) is 7.75. The van der Waals surface area contributed by atoms with E-state index >= 15 is 0 Å². The summed E-state index contributed by atoms with van der Waals surface area (Å²) < 4.78 is 10.6. The maximum Gasteiger partial charge on any atom is 0.513 e. The molecule has 0 N–H and O–H groups in total. The van der Waals surface area contributed by atoms with Gasteiger partial charge in [0.15, 0.2) is 0 Å². The maximum absolute atomic E-state index is 12.0. The van der Waals surface area contributed by atoms with Crippen LogP contribution in [0.1, 0.15) is 19.8 Å². The standard InChI is InChI=1S/C19H16Cl2O3/c1-2-3-9-23-19(22)24-18-14-5-4-6-17(21)16(14)10-12-7-8-13(20)11-15(12)18/h4-8,10-11H,2-3,9H2,1H3. The third-order valence-electron chi connectivity index (χ3n) is 3.76. The molecule has 3 nitrogen and oxygen atoms in total. The van der Waals surface area contributed by atoms with Gasteiger partial charge in [-0.1, -0.05) is 54.7 Å². The van der Waals surface area contributed by atoms with Crippen molar-refractivity contribution in [1.29, 1.82) is 0 Å². The van der Waals surface area contributed by atoms with Crippen LogP contribution in [0.5, 0.6) is 5.75 Å². The molecular weight excluding hydrogens is 347 g/mol. The Kier molecular flexibility index (Phi) is 5.12. The van der Waals surface area contributed by atoms with Crippen molar-refractivity contribution in [1.82, 2.24) is 0 Å². The van der Waals surface area contributed by atoms with Crippen molar-refractivity contribution < 1.29 is 14.3 Å². The van der Waals surface area contributed by atoms with Crippen LogP contribution in [0.25, 0.3) is 21.5 Å². The fraction of sp³-hybridized carbons (Fsp3) is 0.211. The van der Waals surface area contributed by atoms with Crippen molar-refractivity contribution >= 4 is 50.9 Å². The normalized spacial score (nSPS) is 11.0. The number of fused-ring (bicyclic) bond motifs is 2. The fourth-order valence-corrected chi connectivity index (χ4v) is 2.96. The average Bonchev–Trinajstić information content (AvgIpc) is 2.56. The van der Waals surface area contributed by atoms with Gasteiger partial charge in [0.2, 0.25) is 0 Å². The number of carbonyl (C=O) groups excluding carboxylic acids is 1. The molecular formula is C19H16Cl2O3. The largest absolute Gasteiger partial charge is 0.513 e. The second-order valence-corrected chi connectivity index (χ2v) is 6.30. The van der Waals surface area contributed by atoms with Crippen molar-refractivity contribution in [3.8, 4) is 5.75 Å². The lowest BCUT2D eigenvalue weighted by atomic mass is 10.0. The van der Waals surface area contributed by atoms with Crippen LogP contribution in [0.2, 0.25) is 10.0 Å². The third kappa shape index (κ3) is 3.42. The van der Waals surface area contributed by atoms with Crippen LogP contribution in [-0.4, -0.2) is 12.8 Å². The summed E-state index contributed by atoms with van der Waals surface area (Å²) >= 11 is 12.4. The Bertz CT molecular complexity index is 902. The van der Waals surface area contributed by atoms with Gasteiger partial charge >= 0.3 is 6.16 Å². The Balaban J connectivity index is 2.12. The summed E-state index contributed by atoms with van der Waals surface area (Å²) in [5.74, 6) is 0.411. The number of unbranched alkanes of at least 4 members (excludes halogenated alkanes) is 1. The molecule has 3 aromatic carbocycles. The summed E-state index contributed by atoms with van der Waals surface area (Å²) in [5.41, 5.74) is 0. The smallest absolute Gasteiger partial charge is 0.434 e. The molecule has 0 atom stereocenters.